The van der Waals surface area contributed by atoms with Crippen molar-refractivity contribution in [2.75, 3.05) is 11.9 Å². The second kappa shape index (κ2) is 3.68. The Hall–Kier alpha value is -1.20. The van der Waals surface area contributed by atoms with E-state index in [-0.39, 0.29) is 18.2 Å². The van der Waals surface area contributed by atoms with E-state index in [9.17, 15) is 0 Å². The van der Waals surface area contributed by atoms with Crippen LogP contribution in [0.1, 0.15) is 12.1 Å². The van der Waals surface area contributed by atoms with Crippen LogP contribution in [0.2, 0.25) is 0 Å². The van der Waals surface area contributed by atoms with Crippen molar-refractivity contribution in [1.29, 1.82) is 0 Å². The van der Waals surface area contributed by atoms with Crippen LogP contribution in [-0.2, 0) is 4.74 Å². The molecular formula is C11H16N4O. The molecule has 86 valence electrons. The standard InChI is InChI=1S/C11H16N4O/c1-6-4-8(14-5-13-6)15-10-9(12)7-2-3-16-11(7)10/h4-5,7,9-11H,2-3,12H2,1H3,(H,13,14,15). The number of hydrogen-bond donors (Lipinski definition) is 2. The van der Waals surface area contributed by atoms with Gasteiger partial charge in [-0.1, -0.05) is 0 Å². The maximum atomic E-state index is 6.11. The lowest BCUT2D eigenvalue weighted by Crippen LogP contribution is -2.65. The quantitative estimate of drug-likeness (QED) is 0.750. The maximum absolute atomic E-state index is 6.11. The summed E-state index contributed by atoms with van der Waals surface area (Å²) >= 11 is 0. The Kier molecular flexibility index (Phi) is 2.29. The fourth-order valence-corrected chi connectivity index (χ4v) is 2.63. The number of hydrogen-bond acceptors (Lipinski definition) is 5. The van der Waals surface area contributed by atoms with Crippen LogP contribution in [0, 0.1) is 12.8 Å². The molecule has 1 saturated heterocycles. The van der Waals surface area contributed by atoms with Crippen molar-refractivity contribution in [3.05, 3.63) is 18.1 Å². The Morgan fingerprint density at radius 1 is 1.50 bits per heavy atom. The summed E-state index contributed by atoms with van der Waals surface area (Å²) in [6.45, 7) is 2.78. The first kappa shape index (κ1) is 9.99. The van der Waals surface area contributed by atoms with Crippen LogP contribution in [0.25, 0.3) is 0 Å². The minimum absolute atomic E-state index is 0.183. The first-order chi connectivity index (χ1) is 7.75. The Labute approximate surface area is 94.4 Å². The van der Waals surface area contributed by atoms with Gasteiger partial charge in [-0.3, -0.25) is 0 Å². The smallest absolute Gasteiger partial charge is 0.129 e. The third kappa shape index (κ3) is 1.47. The Morgan fingerprint density at radius 2 is 2.38 bits per heavy atom. The molecule has 0 amide bonds. The molecule has 1 aromatic heterocycles. The molecular weight excluding hydrogens is 204 g/mol. The topological polar surface area (TPSA) is 73.1 Å². The van der Waals surface area contributed by atoms with Gasteiger partial charge in [0, 0.05) is 30.3 Å². The molecule has 0 spiro atoms. The van der Waals surface area contributed by atoms with E-state index < -0.39 is 0 Å². The van der Waals surface area contributed by atoms with Gasteiger partial charge in [0.15, 0.2) is 0 Å². The number of nitrogens with two attached hydrogens (primary N) is 1. The molecule has 3 rings (SSSR count). The molecule has 16 heavy (non-hydrogen) atoms. The van der Waals surface area contributed by atoms with Gasteiger partial charge >= 0.3 is 0 Å². The highest BCUT2D eigenvalue weighted by atomic mass is 16.5. The number of nitrogens with zero attached hydrogens (tertiary/aromatic N) is 2. The predicted molar refractivity (Wildman–Crippen MR) is 60.0 cm³/mol. The molecule has 4 unspecified atom stereocenters. The van der Waals surface area contributed by atoms with Crippen molar-refractivity contribution in [2.24, 2.45) is 11.7 Å². The van der Waals surface area contributed by atoms with Crippen molar-refractivity contribution in [2.45, 2.75) is 31.5 Å². The van der Waals surface area contributed by atoms with E-state index >= 15 is 0 Å². The molecule has 2 fully saturated rings. The monoisotopic (exact) mass is 220 g/mol. The van der Waals surface area contributed by atoms with Crippen LogP contribution < -0.4 is 11.1 Å². The Balaban J connectivity index is 1.71. The van der Waals surface area contributed by atoms with Crippen molar-refractivity contribution in [1.82, 2.24) is 9.97 Å². The number of aryl methyl sites for hydroxylation is 1. The van der Waals surface area contributed by atoms with Gasteiger partial charge in [0.2, 0.25) is 0 Å². The van der Waals surface area contributed by atoms with Crippen LogP contribution >= 0.6 is 0 Å². The molecule has 1 aliphatic heterocycles. The van der Waals surface area contributed by atoms with Crippen LogP contribution in [0.5, 0.6) is 0 Å². The van der Waals surface area contributed by atoms with Crippen LogP contribution in [0.4, 0.5) is 5.82 Å². The summed E-state index contributed by atoms with van der Waals surface area (Å²) in [6, 6.07) is 2.30. The largest absolute Gasteiger partial charge is 0.376 e. The van der Waals surface area contributed by atoms with E-state index in [0.29, 0.717) is 5.92 Å². The summed E-state index contributed by atoms with van der Waals surface area (Å²) in [5.74, 6) is 1.36. The number of fused-ring (bicyclic) bond motifs is 1. The van der Waals surface area contributed by atoms with E-state index in [1.807, 2.05) is 13.0 Å². The summed E-state index contributed by atoms with van der Waals surface area (Å²) in [5.41, 5.74) is 7.06. The number of anilines is 1. The lowest BCUT2D eigenvalue weighted by Gasteiger charge is -2.45. The van der Waals surface area contributed by atoms with Gasteiger partial charge in [0.05, 0.1) is 12.1 Å². The highest BCUT2D eigenvalue weighted by Gasteiger charge is 2.52. The van der Waals surface area contributed by atoms with E-state index in [2.05, 4.69) is 15.3 Å². The molecule has 0 bridgehead atoms. The molecule has 1 saturated carbocycles. The van der Waals surface area contributed by atoms with E-state index in [1.54, 1.807) is 6.33 Å². The van der Waals surface area contributed by atoms with Gasteiger partial charge in [-0.2, -0.15) is 0 Å². The van der Waals surface area contributed by atoms with Gasteiger partial charge in [-0.05, 0) is 13.3 Å². The highest BCUT2D eigenvalue weighted by Crippen LogP contribution is 2.39. The van der Waals surface area contributed by atoms with Crippen molar-refractivity contribution < 1.29 is 4.74 Å². The second-order valence-electron chi connectivity index (χ2n) is 4.58. The molecule has 3 N–H and O–H groups in total. The third-order valence-corrected chi connectivity index (χ3v) is 3.56. The van der Waals surface area contributed by atoms with E-state index in [1.165, 1.54) is 0 Å². The lowest BCUT2D eigenvalue weighted by atomic mass is 9.72. The zero-order valence-corrected chi connectivity index (χ0v) is 9.26. The molecule has 0 radical (unpaired) electrons. The molecule has 0 aromatic carbocycles. The van der Waals surface area contributed by atoms with Gasteiger partial charge in [0.25, 0.3) is 0 Å². The summed E-state index contributed by atoms with van der Waals surface area (Å²) in [5, 5.41) is 3.34. The van der Waals surface area contributed by atoms with Crippen molar-refractivity contribution in [3.63, 3.8) is 0 Å². The Morgan fingerprint density at radius 3 is 3.19 bits per heavy atom. The molecule has 2 aliphatic rings. The maximum Gasteiger partial charge on any atom is 0.129 e. The number of nitrogens with one attached hydrogen (secondary N) is 1. The van der Waals surface area contributed by atoms with Crippen LogP contribution in [0.15, 0.2) is 12.4 Å². The predicted octanol–water partition coefficient (Wildman–Crippen LogP) is 0.312. The van der Waals surface area contributed by atoms with Crippen molar-refractivity contribution in [3.8, 4) is 0 Å². The molecule has 5 heteroatoms. The summed E-state index contributed by atoms with van der Waals surface area (Å²) in [6.07, 6.45) is 2.92. The molecule has 1 aromatic rings. The fourth-order valence-electron chi connectivity index (χ4n) is 2.63. The second-order valence-corrected chi connectivity index (χ2v) is 4.58. The van der Waals surface area contributed by atoms with Crippen molar-refractivity contribution >= 4 is 5.82 Å². The molecule has 4 atom stereocenters. The summed E-state index contributed by atoms with van der Waals surface area (Å²) in [4.78, 5) is 8.24. The first-order valence-corrected chi connectivity index (χ1v) is 5.68. The average Bonchev–Trinajstić information content (AvgIpc) is 2.70. The van der Waals surface area contributed by atoms with Crippen LogP contribution in [-0.4, -0.2) is 34.8 Å². The van der Waals surface area contributed by atoms with Crippen LogP contribution in [0.3, 0.4) is 0 Å². The Bertz CT molecular complexity index is 397. The van der Waals surface area contributed by atoms with Gasteiger partial charge in [-0.15, -0.1) is 0 Å². The molecule has 2 heterocycles. The van der Waals surface area contributed by atoms with E-state index in [4.69, 9.17) is 10.5 Å². The molecule has 5 nitrogen and oxygen atoms in total. The van der Waals surface area contributed by atoms with Gasteiger partial charge in [-0.25, -0.2) is 9.97 Å². The lowest BCUT2D eigenvalue weighted by molar-refractivity contribution is 0.00523. The van der Waals surface area contributed by atoms with Gasteiger partial charge in [0.1, 0.15) is 12.1 Å². The zero-order valence-electron chi connectivity index (χ0n) is 9.26. The number of aromatic nitrogens is 2. The fraction of sp³-hybridized carbons (Fsp3) is 0.636. The summed E-state index contributed by atoms with van der Waals surface area (Å²) in [7, 11) is 0. The zero-order chi connectivity index (χ0) is 11.1. The number of rotatable bonds is 2. The minimum atomic E-state index is 0.183. The SMILES string of the molecule is Cc1cc(NC2C(N)C3CCOC32)ncn1. The highest BCUT2D eigenvalue weighted by molar-refractivity contribution is 5.38. The normalized spacial score (nSPS) is 36.6. The summed E-state index contributed by atoms with van der Waals surface area (Å²) < 4.78 is 5.65. The first-order valence-electron chi connectivity index (χ1n) is 5.68. The number of ether oxygens (including phenoxy) is 1. The molecule has 1 aliphatic carbocycles. The average molecular weight is 220 g/mol. The third-order valence-electron chi connectivity index (χ3n) is 3.56. The van der Waals surface area contributed by atoms with Gasteiger partial charge < -0.3 is 15.8 Å². The van der Waals surface area contributed by atoms with E-state index in [0.717, 1.165) is 24.5 Å². The minimum Gasteiger partial charge on any atom is -0.376 e.